The van der Waals surface area contributed by atoms with Gasteiger partial charge in [0, 0.05) is 62.9 Å². The van der Waals surface area contributed by atoms with Crippen LogP contribution in [-0.4, -0.2) is 64.3 Å². The highest BCUT2D eigenvalue weighted by Gasteiger charge is 2.30. The monoisotopic (exact) mass is 453 g/mol. The number of hydrogen-bond acceptors (Lipinski definition) is 6. The summed E-state index contributed by atoms with van der Waals surface area (Å²) in [5, 5.41) is 7.43. The molecule has 1 unspecified atom stereocenters. The van der Waals surface area contributed by atoms with Gasteiger partial charge in [-0.2, -0.15) is 5.10 Å². The molecule has 32 heavy (non-hydrogen) atoms. The van der Waals surface area contributed by atoms with Crippen LogP contribution in [0.2, 0.25) is 0 Å². The Kier molecular flexibility index (Phi) is 7.27. The number of nitrogens with one attached hydrogen (secondary N) is 1. The maximum atomic E-state index is 4.76. The fraction of sp³-hybridized carbons (Fsp3) is 0.458. The number of piperidine rings is 1. The van der Waals surface area contributed by atoms with Gasteiger partial charge in [-0.3, -0.25) is 10.00 Å². The predicted octanol–water partition coefficient (Wildman–Crippen LogP) is 3.83. The molecule has 0 spiro atoms. The maximum absolute atomic E-state index is 4.76. The zero-order valence-electron chi connectivity index (χ0n) is 18.7. The Bertz CT molecular complexity index is 979. The van der Waals surface area contributed by atoms with Crippen molar-refractivity contribution in [2.45, 2.75) is 32.2 Å². The smallest absolute Gasteiger partial charge is 0.172 e. The SMILES string of the molecule is Cc1[nH]ncc1C(c1ccccc1)N1CCN(c2nccnc2N2CCCCC2)CC1.Cl. The first-order chi connectivity index (χ1) is 15.3. The number of halogens is 1. The van der Waals surface area contributed by atoms with E-state index in [2.05, 4.69) is 62.2 Å². The van der Waals surface area contributed by atoms with Crippen LogP contribution < -0.4 is 9.80 Å². The van der Waals surface area contributed by atoms with Crippen LogP contribution in [0.1, 0.15) is 42.1 Å². The number of aryl methyl sites for hydroxylation is 1. The third-order valence-corrected chi connectivity index (χ3v) is 6.57. The van der Waals surface area contributed by atoms with Crippen LogP contribution in [0.5, 0.6) is 0 Å². The minimum absolute atomic E-state index is 0. The molecule has 2 aliphatic rings. The highest BCUT2D eigenvalue weighted by Crippen LogP contribution is 2.33. The van der Waals surface area contributed by atoms with E-state index in [9.17, 15) is 0 Å². The second-order valence-corrected chi connectivity index (χ2v) is 8.54. The summed E-state index contributed by atoms with van der Waals surface area (Å²) in [6.07, 6.45) is 9.45. The summed E-state index contributed by atoms with van der Waals surface area (Å²) in [6, 6.07) is 11.0. The van der Waals surface area contributed by atoms with Crippen LogP contribution in [0, 0.1) is 6.92 Å². The van der Waals surface area contributed by atoms with Crippen molar-refractivity contribution in [1.29, 1.82) is 0 Å². The number of hydrogen-bond donors (Lipinski definition) is 1. The van der Waals surface area contributed by atoms with Crippen molar-refractivity contribution in [2.75, 3.05) is 49.1 Å². The molecule has 2 fully saturated rings. The summed E-state index contributed by atoms with van der Waals surface area (Å²) in [5.74, 6) is 2.10. The molecule has 0 radical (unpaired) electrons. The van der Waals surface area contributed by atoms with Crippen molar-refractivity contribution < 1.29 is 0 Å². The van der Waals surface area contributed by atoms with Gasteiger partial charge in [-0.1, -0.05) is 30.3 Å². The molecule has 0 bridgehead atoms. The molecule has 1 aromatic carbocycles. The number of aromatic amines is 1. The molecular formula is C24H32ClN7. The third-order valence-electron chi connectivity index (χ3n) is 6.57. The fourth-order valence-electron chi connectivity index (χ4n) is 4.93. The first-order valence-electron chi connectivity index (χ1n) is 11.4. The fourth-order valence-corrected chi connectivity index (χ4v) is 4.93. The highest BCUT2D eigenvalue weighted by atomic mass is 35.5. The summed E-state index contributed by atoms with van der Waals surface area (Å²) < 4.78 is 0. The zero-order valence-corrected chi connectivity index (χ0v) is 19.5. The molecular weight excluding hydrogens is 422 g/mol. The van der Waals surface area contributed by atoms with Gasteiger partial charge in [0.05, 0.1) is 12.2 Å². The number of piperazine rings is 1. The normalized spacial score (nSPS) is 18.3. The molecule has 0 amide bonds. The summed E-state index contributed by atoms with van der Waals surface area (Å²) in [7, 11) is 0. The molecule has 7 nitrogen and oxygen atoms in total. The molecule has 4 heterocycles. The van der Waals surface area contributed by atoms with E-state index < -0.39 is 0 Å². The molecule has 5 rings (SSSR count). The van der Waals surface area contributed by atoms with E-state index in [1.807, 2.05) is 18.6 Å². The van der Waals surface area contributed by atoms with E-state index in [0.717, 1.165) is 56.6 Å². The Balaban J connectivity index is 0.00000245. The number of H-pyrrole nitrogens is 1. The van der Waals surface area contributed by atoms with E-state index in [4.69, 9.17) is 9.97 Å². The highest BCUT2D eigenvalue weighted by molar-refractivity contribution is 5.85. The minimum Gasteiger partial charge on any atom is -0.354 e. The lowest BCUT2D eigenvalue weighted by Gasteiger charge is -2.41. The van der Waals surface area contributed by atoms with Gasteiger partial charge >= 0.3 is 0 Å². The van der Waals surface area contributed by atoms with Gasteiger partial charge in [0.1, 0.15) is 0 Å². The van der Waals surface area contributed by atoms with Gasteiger partial charge < -0.3 is 9.80 Å². The lowest BCUT2D eigenvalue weighted by molar-refractivity contribution is 0.211. The van der Waals surface area contributed by atoms with E-state index in [1.165, 1.54) is 30.4 Å². The topological polar surface area (TPSA) is 64.2 Å². The van der Waals surface area contributed by atoms with E-state index in [-0.39, 0.29) is 18.4 Å². The zero-order chi connectivity index (χ0) is 21.0. The largest absolute Gasteiger partial charge is 0.354 e. The summed E-state index contributed by atoms with van der Waals surface area (Å²) in [4.78, 5) is 16.9. The molecule has 170 valence electrons. The van der Waals surface area contributed by atoms with Gasteiger partial charge in [-0.25, -0.2) is 9.97 Å². The lowest BCUT2D eigenvalue weighted by Crippen LogP contribution is -2.48. The van der Waals surface area contributed by atoms with Crippen molar-refractivity contribution in [3.63, 3.8) is 0 Å². The van der Waals surface area contributed by atoms with Crippen LogP contribution in [0.3, 0.4) is 0 Å². The van der Waals surface area contributed by atoms with Crippen LogP contribution in [-0.2, 0) is 0 Å². The van der Waals surface area contributed by atoms with E-state index in [0.29, 0.717) is 0 Å². The standard InChI is InChI=1S/C24H31N7.ClH/c1-19-21(18-27-28-19)22(20-8-4-2-5-9-20)29-14-16-31(17-15-29)24-23(25-10-11-26-24)30-12-6-3-7-13-30;/h2,4-5,8-11,18,22H,3,6-7,12-17H2,1H3,(H,27,28);1H. The van der Waals surface area contributed by atoms with Gasteiger partial charge in [0.25, 0.3) is 0 Å². The third kappa shape index (κ3) is 4.59. The average Bonchev–Trinajstić information content (AvgIpc) is 3.26. The molecule has 0 saturated carbocycles. The van der Waals surface area contributed by atoms with Gasteiger partial charge in [0.15, 0.2) is 11.6 Å². The Labute approximate surface area is 196 Å². The number of rotatable bonds is 5. The van der Waals surface area contributed by atoms with E-state index >= 15 is 0 Å². The number of benzene rings is 1. The van der Waals surface area contributed by atoms with Crippen molar-refractivity contribution >= 4 is 24.0 Å². The van der Waals surface area contributed by atoms with Gasteiger partial charge in [0.2, 0.25) is 0 Å². The second kappa shape index (κ2) is 10.3. The molecule has 1 N–H and O–H groups in total. The maximum Gasteiger partial charge on any atom is 0.172 e. The Hall–Kier alpha value is -2.64. The molecule has 2 aromatic heterocycles. The van der Waals surface area contributed by atoms with Crippen LogP contribution in [0.4, 0.5) is 11.6 Å². The molecule has 3 aromatic rings. The first kappa shape index (κ1) is 22.6. The molecule has 1 atom stereocenters. The first-order valence-corrected chi connectivity index (χ1v) is 11.4. The second-order valence-electron chi connectivity index (χ2n) is 8.54. The quantitative estimate of drug-likeness (QED) is 0.633. The molecule has 2 aliphatic heterocycles. The summed E-state index contributed by atoms with van der Waals surface area (Å²) >= 11 is 0. The molecule has 8 heteroatoms. The minimum atomic E-state index is 0. The number of aromatic nitrogens is 4. The van der Waals surface area contributed by atoms with Crippen molar-refractivity contribution in [1.82, 2.24) is 25.1 Å². The summed E-state index contributed by atoms with van der Waals surface area (Å²) in [5.41, 5.74) is 3.71. The Morgan fingerprint density at radius 2 is 1.44 bits per heavy atom. The van der Waals surface area contributed by atoms with Crippen LogP contribution in [0.15, 0.2) is 48.9 Å². The van der Waals surface area contributed by atoms with Gasteiger partial charge in [-0.15, -0.1) is 12.4 Å². The average molecular weight is 454 g/mol. The Morgan fingerprint density at radius 3 is 2.03 bits per heavy atom. The lowest BCUT2D eigenvalue weighted by atomic mass is 9.97. The number of nitrogens with zero attached hydrogens (tertiary/aromatic N) is 6. The van der Waals surface area contributed by atoms with E-state index in [1.54, 1.807) is 0 Å². The van der Waals surface area contributed by atoms with Crippen LogP contribution >= 0.6 is 12.4 Å². The Morgan fingerprint density at radius 1 is 0.812 bits per heavy atom. The van der Waals surface area contributed by atoms with Gasteiger partial charge in [-0.05, 0) is 31.7 Å². The van der Waals surface area contributed by atoms with Crippen molar-refractivity contribution in [3.05, 3.63) is 65.7 Å². The predicted molar refractivity (Wildman–Crippen MR) is 131 cm³/mol. The van der Waals surface area contributed by atoms with Crippen LogP contribution in [0.25, 0.3) is 0 Å². The molecule has 0 aliphatic carbocycles. The summed E-state index contributed by atoms with van der Waals surface area (Å²) in [6.45, 7) is 8.11. The van der Waals surface area contributed by atoms with Crippen molar-refractivity contribution in [2.24, 2.45) is 0 Å². The number of anilines is 2. The molecule has 2 saturated heterocycles. The van der Waals surface area contributed by atoms with Crippen molar-refractivity contribution in [3.8, 4) is 0 Å².